The second-order valence-corrected chi connectivity index (χ2v) is 4.82. The van der Waals surface area contributed by atoms with Crippen molar-refractivity contribution in [2.24, 2.45) is 11.3 Å². The predicted octanol–water partition coefficient (Wildman–Crippen LogP) is 2.22. The molecule has 8 nitrogen and oxygen atoms in total. The minimum atomic E-state index is -1.60. The Morgan fingerprint density at radius 2 is 2.00 bits per heavy atom. The van der Waals surface area contributed by atoms with Gasteiger partial charge in [-0.1, -0.05) is 26.7 Å². The molecule has 0 saturated heterocycles. The fourth-order valence-corrected chi connectivity index (χ4v) is 2.40. The SMILES string of the molecule is CCCCC1(C(=O)O)C=C([N+](=O)[O-])C=C([N+](=O)[O-])C1C. The summed E-state index contributed by atoms with van der Waals surface area (Å²) in [6.45, 7) is 3.27. The van der Waals surface area contributed by atoms with Crippen LogP contribution < -0.4 is 0 Å². The van der Waals surface area contributed by atoms with Crippen LogP contribution in [0.5, 0.6) is 0 Å². The molecule has 2 unspecified atom stereocenters. The number of nitro groups is 2. The number of carbonyl (C=O) groups is 1. The van der Waals surface area contributed by atoms with E-state index in [1.807, 2.05) is 6.92 Å². The predicted molar refractivity (Wildman–Crippen MR) is 68.9 cm³/mol. The molecule has 1 N–H and O–H groups in total. The van der Waals surface area contributed by atoms with Gasteiger partial charge in [0.1, 0.15) is 5.41 Å². The standard InChI is InChI=1S/C12H16N2O6/c1-3-4-5-12(11(15)16)7-9(13(17)18)6-10(8(12)2)14(19)20/h6-8H,3-5H2,1-2H3,(H,15,16). The number of nitrogens with zero attached hydrogens (tertiary/aromatic N) is 2. The van der Waals surface area contributed by atoms with Crippen molar-refractivity contribution >= 4 is 5.97 Å². The third-order valence-electron chi connectivity index (χ3n) is 3.68. The molecule has 0 bridgehead atoms. The van der Waals surface area contributed by atoms with Crippen LogP contribution in [0.2, 0.25) is 0 Å². The molecule has 0 amide bonds. The highest BCUT2D eigenvalue weighted by Gasteiger charge is 2.51. The Labute approximate surface area is 115 Å². The van der Waals surface area contributed by atoms with Crippen LogP contribution in [0.1, 0.15) is 33.1 Å². The van der Waals surface area contributed by atoms with Gasteiger partial charge < -0.3 is 5.11 Å². The summed E-state index contributed by atoms with van der Waals surface area (Å²) in [5.41, 5.74) is -2.57. The van der Waals surface area contributed by atoms with E-state index >= 15 is 0 Å². The van der Waals surface area contributed by atoms with Gasteiger partial charge in [-0.15, -0.1) is 0 Å². The average Bonchev–Trinajstić information content (AvgIpc) is 2.36. The van der Waals surface area contributed by atoms with Crippen molar-refractivity contribution in [3.63, 3.8) is 0 Å². The fraction of sp³-hybridized carbons (Fsp3) is 0.583. The molecule has 1 aliphatic rings. The molecule has 0 heterocycles. The minimum Gasteiger partial charge on any atom is -0.481 e. The van der Waals surface area contributed by atoms with Crippen LogP contribution in [-0.2, 0) is 4.79 Å². The Bertz CT molecular complexity index is 510. The number of hydrogen-bond donors (Lipinski definition) is 1. The maximum Gasteiger partial charge on any atom is 0.314 e. The highest BCUT2D eigenvalue weighted by atomic mass is 16.6. The van der Waals surface area contributed by atoms with Crippen LogP contribution in [0.4, 0.5) is 0 Å². The van der Waals surface area contributed by atoms with E-state index in [0.29, 0.717) is 12.8 Å². The van der Waals surface area contributed by atoms with Gasteiger partial charge >= 0.3 is 5.97 Å². The van der Waals surface area contributed by atoms with Gasteiger partial charge in [0.15, 0.2) is 0 Å². The molecule has 0 fully saturated rings. The maximum absolute atomic E-state index is 11.6. The number of carboxylic acids is 1. The van der Waals surface area contributed by atoms with Crippen molar-refractivity contribution < 1.29 is 19.7 Å². The number of hydrogen-bond acceptors (Lipinski definition) is 5. The number of unbranched alkanes of at least 4 members (excludes halogenated alkanes) is 1. The first kappa shape index (κ1) is 15.8. The third-order valence-corrected chi connectivity index (χ3v) is 3.68. The molecular formula is C12H16N2O6. The summed E-state index contributed by atoms with van der Waals surface area (Å²) in [6.07, 6.45) is 3.23. The summed E-state index contributed by atoms with van der Waals surface area (Å²) in [5, 5.41) is 31.4. The van der Waals surface area contributed by atoms with E-state index in [1.165, 1.54) is 6.92 Å². The number of allylic oxidation sites excluding steroid dienone is 2. The number of carboxylic acid groups (broad SMARTS) is 1. The molecule has 20 heavy (non-hydrogen) atoms. The second-order valence-electron chi connectivity index (χ2n) is 4.82. The van der Waals surface area contributed by atoms with Crippen LogP contribution in [0.3, 0.4) is 0 Å². The summed E-state index contributed by atoms with van der Waals surface area (Å²) < 4.78 is 0. The topological polar surface area (TPSA) is 124 Å². The zero-order chi connectivity index (χ0) is 15.5. The lowest BCUT2D eigenvalue weighted by Gasteiger charge is -2.32. The van der Waals surface area contributed by atoms with Gasteiger partial charge in [0.2, 0.25) is 0 Å². The van der Waals surface area contributed by atoms with Gasteiger partial charge in [-0.05, 0) is 6.42 Å². The first-order chi connectivity index (χ1) is 9.26. The van der Waals surface area contributed by atoms with Crippen molar-refractivity contribution in [2.75, 3.05) is 0 Å². The molecule has 110 valence electrons. The van der Waals surface area contributed by atoms with E-state index in [0.717, 1.165) is 12.2 Å². The molecule has 0 spiro atoms. The largest absolute Gasteiger partial charge is 0.481 e. The first-order valence-electron chi connectivity index (χ1n) is 6.23. The molecule has 8 heteroatoms. The lowest BCUT2D eigenvalue weighted by Crippen LogP contribution is -2.40. The second kappa shape index (κ2) is 5.81. The summed E-state index contributed by atoms with van der Waals surface area (Å²) in [7, 11) is 0. The van der Waals surface area contributed by atoms with E-state index in [1.54, 1.807) is 0 Å². The number of rotatable bonds is 6. The fourth-order valence-electron chi connectivity index (χ4n) is 2.40. The van der Waals surface area contributed by atoms with E-state index in [2.05, 4.69) is 0 Å². The van der Waals surface area contributed by atoms with E-state index < -0.39 is 38.5 Å². The summed E-state index contributed by atoms with van der Waals surface area (Å²) >= 11 is 0. The lowest BCUT2D eigenvalue weighted by molar-refractivity contribution is -0.445. The summed E-state index contributed by atoms with van der Waals surface area (Å²) in [5.74, 6) is -2.20. The summed E-state index contributed by atoms with van der Waals surface area (Å²) in [6, 6.07) is 0. The molecule has 0 saturated carbocycles. The van der Waals surface area contributed by atoms with E-state index in [9.17, 15) is 30.1 Å². The van der Waals surface area contributed by atoms with Crippen molar-refractivity contribution in [2.45, 2.75) is 33.1 Å². The lowest BCUT2D eigenvalue weighted by atomic mass is 9.68. The normalized spacial score (nSPS) is 25.6. The van der Waals surface area contributed by atoms with Gasteiger partial charge in [-0.2, -0.15) is 0 Å². The van der Waals surface area contributed by atoms with Crippen LogP contribution in [0, 0.1) is 31.6 Å². The van der Waals surface area contributed by atoms with Gasteiger partial charge in [0, 0.05) is 6.08 Å². The van der Waals surface area contributed by atoms with Crippen LogP contribution in [0.25, 0.3) is 0 Å². The first-order valence-corrected chi connectivity index (χ1v) is 6.23. The number of aliphatic carboxylic acids is 1. The average molecular weight is 284 g/mol. The Kier molecular flexibility index (Phi) is 4.59. The molecule has 0 radical (unpaired) electrons. The van der Waals surface area contributed by atoms with E-state index in [-0.39, 0.29) is 6.42 Å². The van der Waals surface area contributed by atoms with Crippen molar-refractivity contribution in [3.05, 3.63) is 43.8 Å². The van der Waals surface area contributed by atoms with Crippen LogP contribution >= 0.6 is 0 Å². The van der Waals surface area contributed by atoms with Gasteiger partial charge in [0.05, 0.1) is 21.8 Å². The molecule has 1 aliphatic carbocycles. The Morgan fingerprint density at radius 3 is 2.40 bits per heavy atom. The van der Waals surface area contributed by atoms with Crippen LogP contribution in [-0.4, -0.2) is 20.9 Å². The van der Waals surface area contributed by atoms with Crippen molar-refractivity contribution in [3.8, 4) is 0 Å². The Hall–Kier alpha value is -2.25. The molecule has 1 rings (SSSR count). The van der Waals surface area contributed by atoms with Crippen LogP contribution in [0.15, 0.2) is 23.5 Å². The smallest absolute Gasteiger partial charge is 0.314 e. The Morgan fingerprint density at radius 1 is 1.40 bits per heavy atom. The molecule has 0 aromatic carbocycles. The van der Waals surface area contributed by atoms with E-state index in [4.69, 9.17) is 0 Å². The van der Waals surface area contributed by atoms with Crippen molar-refractivity contribution in [1.29, 1.82) is 0 Å². The minimum absolute atomic E-state index is 0.127. The zero-order valence-electron chi connectivity index (χ0n) is 11.2. The summed E-state index contributed by atoms with van der Waals surface area (Å²) in [4.78, 5) is 32.0. The monoisotopic (exact) mass is 284 g/mol. The molecule has 0 aromatic rings. The van der Waals surface area contributed by atoms with Gasteiger partial charge in [0.25, 0.3) is 11.4 Å². The molecule has 0 aliphatic heterocycles. The Balaban J connectivity index is 3.42. The highest BCUT2D eigenvalue weighted by Crippen LogP contribution is 2.44. The quantitative estimate of drug-likeness (QED) is 0.589. The highest BCUT2D eigenvalue weighted by molar-refractivity contribution is 5.78. The molecule has 2 atom stereocenters. The third kappa shape index (κ3) is 2.68. The van der Waals surface area contributed by atoms with Gasteiger partial charge in [-0.25, -0.2) is 0 Å². The van der Waals surface area contributed by atoms with Crippen molar-refractivity contribution in [1.82, 2.24) is 0 Å². The maximum atomic E-state index is 11.6. The van der Waals surface area contributed by atoms with Gasteiger partial charge in [-0.3, -0.25) is 25.0 Å². The zero-order valence-corrected chi connectivity index (χ0v) is 11.2. The molecule has 0 aromatic heterocycles. The molecular weight excluding hydrogens is 268 g/mol.